The summed E-state index contributed by atoms with van der Waals surface area (Å²) < 4.78 is 33.8. The van der Waals surface area contributed by atoms with Crippen LogP contribution in [-0.2, 0) is 17.8 Å². The molecule has 2 N–H and O–H groups in total. The lowest BCUT2D eigenvalue weighted by molar-refractivity contribution is 0.0194. The Morgan fingerprint density at radius 3 is 2.66 bits per heavy atom. The number of hydrogen-bond donors (Lipinski definition) is 2. The fraction of sp³-hybridized carbons (Fsp3) is 0.348. The largest absolute Gasteiger partial charge is 0.503 e. The Hall–Kier alpha value is -3.33. The van der Waals surface area contributed by atoms with Crippen LogP contribution < -0.4 is 10.7 Å². The average Bonchev–Trinajstić information content (AvgIpc) is 2.76. The summed E-state index contributed by atoms with van der Waals surface area (Å²) in [5.74, 6) is -3.66. The molecular weight excluding hydrogens is 422 g/mol. The highest BCUT2D eigenvalue weighted by Crippen LogP contribution is 2.45. The van der Waals surface area contributed by atoms with Crippen molar-refractivity contribution in [1.82, 2.24) is 9.88 Å². The maximum absolute atomic E-state index is 13.8. The van der Waals surface area contributed by atoms with E-state index in [0.29, 0.717) is 44.2 Å². The number of nitrogens with one attached hydrogen (secondary N) is 1. The third kappa shape index (κ3) is 3.62. The first-order valence-electron chi connectivity index (χ1n) is 10.2. The predicted molar refractivity (Wildman–Crippen MR) is 110 cm³/mol. The molecule has 2 aliphatic rings. The smallest absolute Gasteiger partial charge is 0.257 e. The van der Waals surface area contributed by atoms with E-state index in [-0.39, 0.29) is 23.4 Å². The molecule has 32 heavy (non-hydrogen) atoms. The lowest BCUT2D eigenvalue weighted by Crippen LogP contribution is -2.44. The van der Waals surface area contributed by atoms with Crippen LogP contribution in [0.4, 0.5) is 8.78 Å². The number of pyridine rings is 1. The predicted octanol–water partition coefficient (Wildman–Crippen LogP) is 2.70. The van der Waals surface area contributed by atoms with Gasteiger partial charge in [0, 0.05) is 55.1 Å². The highest BCUT2D eigenvalue weighted by atomic mass is 19.1. The Morgan fingerprint density at radius 2 is 2.00 bits per heavy atom. The molecule has 3 heterocycles. The van der Waals surface area contributed by atoms with Crippen LogP contribution in [0.5, 0.6) is 5.75 Å². The Bertz CT molecular complexity index is 1200. The van der Waals surface area contributed by atoms with Crippen molar-refractivity contribution in [2.24, 2.45) is 5.41 Å². The molecule has 0 radical (unpaired) electrons. The van der Waals surface area contributed by atoms with Gasteiger partial charge in [0.1, 0.15) is 22.9 Å². The number of fused-ring (bicyclic) bond motifs is 1. The monoisotopic (exact) mass is 444 g/mol. The third-order valence-corrected chi connectivity index (χ3v) is 6.20. The molecule has 0 atom stereocenters. The topological polar surface area (TPSA) is 97.6 Å². The highest BCUT2D eigenvalue weighted by molar-refractivity contribution is 6.11. The average molecular weight is 444 g/mol. The molecule has 168 valence electrons. The summed E-state index contributed by atoms with van der Waals surface area (Å²) in [6.07, 6.45) is 4.15. The highest BCUT2D eigenvalue weighted by Gasteiger charge is 2.45. The minimum absolute atomic E-state index is 0.0381. The van der Waals surface area contributed by atoms with Gasteiger partial charge >= 0.3 is 0 Å². The van der Waals surface area contributed by atoms with Crippen molar-refractivity contribution < 1.29 is 28.2 Å². The molecule has 2 aliphatic heterocycles. The van der Waals surface area contributed by atoms with Crippen molar-refractivity contribution in [3.8, 4) is 5.75 Å². The first kappa shape index (κ1) is 21.9. The Morgan fingerprint density at radius 1 is 1.28 bits per heavy atom. The van der Waals surface area contributed by atoms with Crippen LogP contribution in [0.15, 0.2) is 40.8 Å². The van der Waals surface area contributed by atoms with Crippen molar-refractivity contribution in [3.05, 3.63) is 74.7 Å². The molecule has 4 rings (SSSR count). The molecule has 1 amide bonds. The molecule has 0 saturated carbocycles. The number of allylic oxidation sites excluding steroid dienone is 2. The number of aromatic hydroxyl groups is 1. The number of amides is 1. The third-order valence-electron chi connectivity index (χ3n) is 6.20. The number of carbonyl (C=O) groups excluding carboxylic acids is 2. The van der Waals surface area contributed by atoms with Gasteiger partial charge in [-0.15, -0.1) is 0 Å². The summed E-state index contributed by atoms with van der Waals surface area (Å²) in [4.78, 5) is 38.5. The number of rotatable bonds is 3. The maximum atomic E-state index is 13.8. The van der Waals surface area contributed by atoms with Crippen molar-refractivity contribution >= 4 is 11.7 Å². The van der Waals surface area contributed by atoms with Gasteiger partial charge in [0.25, 0.3) is 5.91 Å². The van der Waals surface area contributed by atoms with Crippen LogP contribution >= 0.6 is 0 Å². The molecule has 1 fully saturated rings. The second-order valence-corrected chi connectivity index (χ2v) is 8.04. The number of hydrogen-bond acceptors (Lipinski definition) is 5. The van der Waals surface area contributed by atoms with Crippen LogP contribution in [0.1, 0.15) is 46.2 Å². The van der Waals surface area contributed by atoms with Gasteiger partial charge in [0.2, 0.25) is 11.2 Å². The molecule has 0 unspecified atom stereocenters. The number of ether oxygens (including phenoxy) is 1. The molecule has 1 saturated heterocycles. The SMILES string of the molecule is C/C=C1\C(=O)c2c(O)c(=O)c(C(=O)NCc3ccc(F)cc3F)cn2CC12CCOCC2. The second kappa shape index (κ2) is 8.31. The van der Waals surface area contributed by atoms with Gasteiger partial charge in [-0.2, -0.15) is 0 Å². The van der Waals surface area contributed by atoms with E-state index in [1.807, 2.05) is 0 Å². The lowest BCUT2D eigenvalue weighted by atomic mass is 9.69. The molecule has 0 bridgehead atoms. The first-order valence-corrected chi connectivity index (χ1v) is 10.2. The van der Waals surface area contributed by atoms with E-state index in [1.165, 1.54) is 16.8 Å². The molecule has 9 heteroatoms. The van der Waals surface area contributed by atoms with E-state index < -0.39 is 39.9 Å². The minimum atomic E-state index is -0.986. The van der Waals surface area contributed by atoms with Crippen LogP contribution in [0.2, 0.25) is 0 Å². The summed E-state index contributed by atoms with van der Waals surface area (Å²) >= 11 is 0. The molecule has 1 aromatic carbocycles. The van der Waals surface area contributed by atoms with Gasteiger partial charge in [-0.3, -0.25) is 14.4 Å². The van der Waals surface area contributed by atoms with Gasteiger partial charge in [-0.05, 0) is 25.8 Å². The molecule has 2 aromatic rings. The molecule has 1 spiro atoms. The molecular formula is C23H22F2N2O5. The summed E-state index contributed by atoms with van der Waals surface area (Å²) in [6, 6.07) is 2.94. The van der Waals surface area contributed by atoms with Crippen molar-refractivity contribution in [2.45, 2.75) is 32.9 Å². The lowest BCUT2D eigenvalue weighted by Gasteiger charge is -2.43. The number of aromatic nitrogens is 1. The van der Waals surface area contributed by atoms with Crippen molar-refractivity contribution in [3.63, 3.8) is 0 Å². The zero-order valence-corrected chi connectivity index (χ0v) is 17.4. The number of carbonyl (C=O) groups is 2. The normalized spacial score (nSPS) is 18.6. The summed E-state index contributed by atoms with van der Waals surface area (Å²) in [5, 5.41) is 12.9. The summed E-state index contributed by atoms with van der Waals surface area (Å²) in [5.41, 5.74) is -1.45. The van der Waals surface area contributed by atoms with Crippen LogP contribution in [0.25, 0.3) is 0 Å². The standard InChI is InChI=1S/C23H22F2N2O5/c1-2-16-20(29)18-21(30)19(28)15(11-27(18)12-23(16)5-7-32-8-6-23)22(31)26-10-13-3-4-14(24)9-17(13)25/h2-4,9,11,30H,5-8,10,12H2,1H3,(H,26,31)/b16-2+. The Balaban J connectivity index is 1.68. The summed E-state index contributed by atoms with van der Waals surface area (Å²) in [6.45, 7) is 2.71. The van der Waals surface area contributed by atoms with Crippen molar-refractivity contribution in [2.75, 3.05) is 13.2 Å². The van der Waals surface area contributed by atoms with E-state index >= 15 is 0 Å². The van der Waals surface area contributed by atoms with E-state index in [9.17, 15) is 28.3 Å². The fourth-order valence-electron chi connectivity index (χ4n) is 4.52. The van der Waals surface area contributed by atoms with Crippen molar-refractivity contribution in [1.29, 1.82) is 0 Å². The fourth-order valence-corrected chi connectivity index (χ4v) is 4.52. The van der Waals surface area contributed by atoms with E-state index in [1.54, 1.807) is 13.0 Å². The van der Waals surface area contributed by atoms with Crippen LogP contribution in [-0.4, -0.2) is 34.6 Å². The maximum Gasteiger partial charge on any atom is 0.257 e. The Kier molecular flexibility index (Phi) is 5.68. The van der Waals surface area contributed by atoms with Gasteiger partial charge in [0.15, 0.2) is 5.75 Å². The number of halogens is 2. The Labute approximate surface area is 182 Å². The molecule has 0 aliphatic carbocycles. The first-order chi connectivity index (χ1) is 15.3. The summed E-state index contributed by atoms with van der Waals surface area (Å²) in [7, 11) is 0. The quantitative estimate of drug-likeness (QED) is 0.710. The minimum Gasteiger partial charge on any atom is -0.503 e. The number of Topliss-reactive ketones (excluding diaryl/α,β-unsaturated/α-hetero) is 1. The van der Waals surface area contributed by atoms with Gasteiger partial charge < -0.3 is 19.7 Å². The molecule has 7 nitrogen and oxygen atoms in total. The number of benzene rings is 1. The van der Waals surface area contributed by atoms with Crippen LogP contribution in [0.3, 0.4) is 0 Å². The van der Waals surface area contributed by atoms with Gasteiger partial charge in [-0.25, -0.2) is 8.78 Å². The zero-order chi connectivity index (χ0) is 23.0. The molecule has 1 aromatic heterocycles. The van der Waals surface area contributed by atoms with Gasteiger partial charge in [0.05, 0.1) is 0 Å². The van der Waals surface area contributed by atoms with E-state index in [2.05, 4.69) is 5.32 Å². The van der Waals surface area contributed by atoms with E-state index in [0.717, 1.165) is 6.07 Å². The zero-order valence-electron chi connectivity index (χ0n) is 17.4. The van der Waals surface area contributed by atoms with Gasteiger partial charge in [-0.1, -0.05) is 12.1 Å². The second-order valence-electron chi connectivity index (χ2n) is 8.04. The van der Waals surface area contributed by atoms with Crippen LogP contribution in [0, 0.1) is 17.0 Å². The number of ketones is 1. The van der Waals surface area contributed by atoms with E-state index in [4.69, 9.17) is 4.74 Å². The number of nitrogens with zero attached hydrogens (tertiary/aromatic N) is 1.